The van der Waals surface area contributed by atoms with E-state index in [-0.39, 0.29) is 17.6 Å². The van der Waals surface area contributed by atoms with E-state index in [0.717, 1.165) is 80.1 Å². The molecule has 1 amide bonds. The molecule has 0 unspecified atom stereocenters. The minimum absolute atomic E-state index is 0.0766. The van der Waals surface area contributed by atoms with Crippen LogP contribution in [0.3, 0.4) is 0 Å². The minimum Gasteiger partial charge on any atom is -0.490 e. The Morgan fingerprint density at radius 1 is 1.11 bits per heavy atom. The summed E-state index contributed by atoms with van der Waals surface area (Å²) in [5.74, 6) is 0.809. The molecule has 0 aliphatic carbocycles. The Kier molecular flexibility index (Phi) is 7.27. The normalized spacial score (nSPS) is 18.4. The fourth-order valence-electron chi connectivity index (χ4n) is 5.04. The molecule has 0 spiro atoms. The average Bonchev–Trinajstić information content (AvgIpc) is 3.33. The number of H-pyrrole nitrogens is 1. The van der Waals surface area contributed by atoms with Gasteiger partial charge in [0.05, 0.1) is 24.4 Å². The number of aromatic amines is 1. The van der Waals surface area contributed by atoms with Crippen LogP contribution in [0.4, 0.5) is 0 Å². The number of morpholine rings is 1. The first-order valence-electron chi connectivity index (χ1n) is 12.9. The summed E-state index contributed by atoms with van der Waals surface area (Å²) in [6.45, 7) is 10.3. The van der Waals surface area contributed by atoms with Crippen molar-refractivity contribution in [2.45, 2.75) is 38.3 Å². The fourth-order valence-corrected chi connectivity index (χ4v) is 5.04. The third-order valence-electron chi connectivity index (χ3n) is 7.47. The highest BCUT2D eigenvalue weighted by Gasteiger charge is 2.28. The van der Waals surface area contributed by atoms with Crippen LogP contribution in [-0.2, 0) is 4.74 Å². The topological polar surface area (TPSA) is 82.7 Å². The SMILES string of the molecule is CN1CCC(Oc2ccc(-c3n[nH]c4ccc(C(=O)NCC(C)(C)N5CCOCC5)cc34)cc2)CC1. The van der Waals surface area contributed by atoms with E-state index in [1.54, 1.807) is 0 Å². The third-order valence-corrected chi connectivity index (χ3v) is 7.47. The van der Waals surface area contributed by atoms with E-state index in [2.05, 4.69) is 46.2 Å². The lowest BCUT2D eigenvalue weighted by Gasteiger charge is -2.40. The van der Waals surface area contributed by atoms with Gasteiger partial charge in [0.15, 0.2) is 0 Å². The van der Waals surface area contributed by atoms with Crippen molar-refractivity contribution in [3.8, 4) is 17.0 Å². The molecule has 36 heavy (non-hydrogen) atoms. The zero-order chi connectivity index (χ0) is 25.1. The Morgan fingerprint density at radius 3 is 2.56 bits per heavy atom. The molecule has 8 heteroatoms. The van der Waals surface area contributed by atoms with Gasteiger partial charge in [-0.2, -0.15) is 5.10 Å². The van der Waals surface area contributed by atoms with Crippen LogP contribution in [0.1, 0.15) is 37.0 Å². The van der Waals surface area contributed by atoms with Gasteiger partial charge in [-0.25, -0.2) is 0 Å². The highest BCUT2D eigenvalue weighted by atomic mass is 16.5. The largest absolute Gasteiger partial charge is 0.490 e. The first-order valence-corrected chi connectivity index (χ1v) is 12.9. The first-order chi connectivity index (χ1) is 17.4. The summed E-state index contributed by atoms with van der Waals surface area (Å²) in [5, 5.41) is 11.7. The number of amides is 1. The molecular weight excluding hydrogens is 454 g/mol. The summed E-state index contributed by atoms with van der Waals surface area (Å²) in [4.78, 5) is 17.7. The summed E-state index contributed by atoms with van der Waals surface area (Å²) in [6, 6.07) is 13.8. The van der Waals surface area contributed by atoms with Gasteiger partial charge in [0.2, 0.25) is 0 Å². The van der Waals surface area contributed by atoms with Crippen LogP contribution in [0, 0.1) is 0 Å². The molecular formula is C28H37N5O3. The maximum Gasteiger partial charge on any atom is 0.251 e. The first kappa shape index (κ1) is 24.7. The van der Waals surface area contributed by atoms with Crippen molar-refractivity contribution in [2.75, 3.05) is 53.0 Å². The predicted octanol–water partition coefficient (Wildman–Crippen LogP) is 3.54. The van der Waals surface area contributed by atoms with Crippen LogP contribution in [-0.4, -0.2) is 90.5 Å². The number of aromatic nitrogens is 2. The number of nitrogens with zero attached hydrogens (tertiary/aromatic N) is 3. The number of ether oxygens (including phenoxy) is 2. The zero-order valence-electron chi connectivity index (χ0n) is 21.5. The number of rotatable bonds is 7. The van der Waals surface area contributed by atoms with E-state index in [0.29, 0.717) is 12.1 Å². The second-order valence-corrected chi connectivity index (χ2v) is 10.6. The average molecular weight is 492 g/mol. The van der Waals surface area contributed by atoms with Crippen molar-refractivity contribution in [1.29, 1.82) is 0 Å². The lowest BCUT2D eigenvalue weighted by atomic mass is 10.0. The Hall–Kier alpha value is -2.94. The summed E-state index contributed by atoms with van der Waals surface area (Å²) in [6.07, 6.45) is 2.38. The molecule has 0 radical (unpaired) electrons. The third kappa shape index (κ3) is 5.56. The molecule has 8 nitrogen and oxygen atoms in total. The summed E-state index contributed by atoms with van der Waals surface area (Å²) >= 11 is 0. The smallest absolute Gasteiger partial charge is 0.251 e. The van der Waals surface area contributed by atoms with E-state index in [1.807, 2.05) is 42.5 Å². The number of nitrogens with one attached hydrogen (secondary N) is 2. The fraction of sp³-hybridized carbons (Fsp3) is 0.500. The molecule has 2 aliphatic heterocycles. The molecule has 5 rings (SSSR count). The Bertz CT molecular complexity index is 1180. The van der Waals surface area contributed by atoms with Crippen LogP contribution in [0.5, 0.6) is 5.75 Å². The number of fused-ring (bicyclic) bond motifs is 1. The van der Waals surface area contributed by atoms with Crippen molar-refractivity contribution < 1.29 is 14.3 Å². The number of hydrogen-bond donors (Lipinski definition) is 2. The number of carbonyl (C=O) groups excluding carboxylic acids is 1. The van der Waals surface area contributed by atoms with Crippen LogP contribution in [0.2, 0.25) is 0 Å². The van der Waals surface area contributed by atoms with Crippen molar-refractivity contribution in [3.63, 3.8) is 0 Å². The van der Waals surface area contributed by atoms with Crippen molar-refractivity contribution in [1.82, 2.24) is 25.3 Å². The quantitative estimate of drug-likeness (QED) is 0.526. The molecule has 2 fully saturated rings. The molecule has 3 aromatic rings. The predicted molar refractivity (Wildman–Crippen MR) is 141 cm³/mol. The molecule has 2 aliphatic rings. The van der Waals surface area contributed by atoms with Crippen molar-refractivity contribution >= 4 is 16.8 Å². The molecule has 1 aromatic heterocycles. The monoisotopic (exact) mass is 491 g/mol. The van der Waals surface area contributed by atoms with Crippen molar-refractivity contribution in [3.05, 3.63) is 48.0 Å². The molecule has 2 saturated heterocycles. The van der Waals surface area contributed by atoms with E-state index < -0.39 is 0 Å². The molecule has 2 aromatic carbocycles. The van der Waals surface area contributed by atoms with Crippen LogP contribution in [0.15, 0.2) is 42.5 Å². The van der Waals surface area contributed by atoms with Crippen LogP contribution < -0.4 is 10.1 Å². The lowest BCUT2D eigenvalue weighted by molar-refractivity contribution is -0.00923. The van der Waals surface area contributed by atoms with Crippen LogP contribution in [0.25, 0.3) is 22.2 Å². The second-order valence-electron chi connectivity index (χ2n) is 10.6. The molecule has 192 valence electrons. The number of carbonyl (C=O) groups is 1. The Labute approximate surface area is 212 Å². The number of likely N-dealkylation sites (tertiary alicyclic amines) is 1. The molecule has 2 N–H and O–H groups in total. The van der Waals surface area contributed by atoms with Gasteiger partial charge < -0.3 is 19.7 Å². The molecule has 3 heterocycles. The lowest BCUT2D eigenvalue weighted by Crippen LogP contribution is -2.55. The second kappa shape index (κ2) is 10.6. The van der Waals surface area contributed by atoms with Crippen molar-refractivity contribution in [2.24, 2.45) is 0 Å². The summed E-state index contributed by atoms with van der Waals surface area (Å²) < 4.78 is 11.7. The molecule has 0 saturated carbocycles. The van der Waals surface area contributed by atoms with Gasteiger partial charge in [0.1, 0.15) is 11.9 Å². The van der Waals surface area contributed by atoms with Gasteiger partial charge in [-0.1, -0.05) is 0 Å². The van der Waals surface area contributed by atoms with Gasteiger partial charge >= 0.3 is 0 Å². The summed E-state index contributed by atoms with van der Waals surface area (Å²) in [7, 11) is 2.15. The Balaban J connectivity index is 1.26. The molecule has 0 bridgehead atoms. The van der Waals surface area contributed by atoms with Gasteiger partial charge in [0.25, 0.3) is 5.91 Å². The van der Waals surface area contributed by atoms with Gasteiger partial charge in [-0.3, -0.25) is 14.8 Å². The highest BCUT2D eigenvalue weighted by Crippen LogP contribution is 2.29. The summed E-state index contributed by atoms with van der Waals surface area (Å²) in [5.41, 5.74) is 3.22. The van der Waals surface area contributed by atoms with E-state index in [1.165, 1.54) is 0 Å². The highest BCUT2D eigenvalue weighted by molar-refractivity contribution is 6.01. The van der Waals surface area contributed by atoms with E-state index in [9.17, 15) is 4.79 Å². The van der Waals surface area contributed by atoms with Gasteiger partial charge in [0, 0.05) is 54.8 Å². The maximum absolute atomic E-state index is 13.0. The maximum atomic E-state index is 13.0. The van der Waals surface area contributed by atoms with Gasteiger partial charge in [-0.05, 0) is 76.2 Å². The van der Waals surface area contributed by atoms with E-state index in [4.69, 9.17) is 9.47 Å². The number of hydrogen-bond acceptors (Lipinski definition) is 6. The number of benzene rings is 2. The standard InChI is InChI=1S/C28H37N5O3/c1-28(2,33-14-16-35-17-15-33)19-29-27(34)21-6-9-25-24(18-21)26(31-30-25)20-4-7-22(8-5-20)36-23-10-12-32(3)13-11-23/h4-9,18,23H,10-17,19H2,1-3H3,(H,29,34)(H,30,31). The Morgan fingerprint density at radius 2 is 1.83 bits per heavy atom. The zero-order valence-corrected chi connectivity index (χ0v) is 21.5. The van der Waals surface area contributed by atoms with Gasteiger partial charge in [-0.15, -0.1) is 0 Å². The number of piperidine rings is 1. The van der Waals surface area contributed by atoms with Crippen LogP contribution >= 0.6 is 0 Å². The molecule has 0 atom stereocenters. The van der Waals surface area contributed by atoms with E-state index >= 15 is 0 Å². The minimum atomic E-state index is -0.137.